The van der Waals surface area contributed by atoms with Gasteiger partial charge in [0.2, 0.25) is 18.0 Å². The third-order valence-electron chi connectivity index (χ3n) is 4.83. The Morgan fingerprint density at radius 2 is 1.89 bits per heavy atom. The van der Waals surface area contributed by atoms with Gasteiger partial charge < -0.3 is 14.8 Å². The van der Waals surface area contributed by atoms with Crippen LogP contribution in [0.5, 0.6) is 5.75 Å². The number of carbonyl (C=O) groups excluding carboxylic acids is 3. The van der Waals surface area contributed by atoms with Crippen molar-refractivity contribution in [1.29, 1.82) is 0 Å². The van der Waals surface area contributed by atoms with Crippen molar-refractivity contribution in [2.75, 3.05) is 12.4 Å². The van der Waals surface area contributed by atoms with Gasteiger partial charge in [0.1, 0.15) is 11.8 Å². The average molecular weight is 366 g/mol. The number of carbonyl (C=O) groups is 3. The smallest absolute Gasteiger partial charge is 0.340 e. The van der Waals surface area contributed by atoms with Crippen LogP contribution in [0.3, 0.4) is 0 Å². The number of benzene rings is 2. The minimum atomic E-state index is -0.865. The molecule has 138 valence electrons. The van der Waals surface area contributed by atoms with Gasteiger partial charge in [-0.25, -0.2) is 4.79 Å². The molecule has 2 amide bonds. The van der Waals surface area contributed by atoms with Gasteiger partial charge in [-0.3, -0.25) is 14.5 Å². The van der Waals surface area contributed by atoms with E-state index >= 15 is 0 Å². The lowest BCUT2D eigenvalue weighted by atomic mass is 10.1. The summed E-state index contributed by atoms with van der Waals surface area (Å²) in [6.07, 6.45) is -0.260. The quantitative estimate of drug-likeness (QED) is 0.841. The van der Waals surface area contributed by atoms with E-state index in [0.717, 1.165) is 0 Å². The van der Waals surface area contributed by atoms with Gasteiger partial charge in [-0.05, 0) is 36.8 Å². The number of nitrogens with zero attached hydrogens (tertiary/aromatic N) is 1. The van der Waals surface area contributed by atoms with Crippen LogP contribution in [0, 0.1) is 0 Å². The van der Waals surface area contributed by atoms with Gasteiger partial charge in [-0.15, -0.1) is 0 Å². The Bertz CT molecular complexity index is 909. The number of amides is 2. The average Bonchev–Trinajstić information content (AvgIpc) is 3.22. The Kier molecular flexibility index (Phi) is 4.27. The zero-order chi connectivity index (χ0) is 19.0. The first kappa shape index (κ1) is 17.1. The van der Waals surface area contributed by atoms with E-state index in [-0.39, 0.29) is 18.2 Å². The van der Waals surface area contributed by atoms with E-state index in [2.05, 4.69) is 5.32 Å². The van der Waals surface area contributed by atoms with Crippen molar-refractivity contribution < 1.29 is 23.9 Å². The van der Waals surface area contributed by atoms with Crippen LogP contribution >= 0.6 is 0 Å². The van der Waals surface area contributed by atoms with Crippen LogP contribution in [0.2, 0.25) is 0 Å². The van der Waals surface area contributed by atoms with Gasteiger partial charge in [-0.2, -0.15) is 0 Å². The van der Waals surface area contributed by atoms with Crippen LogP contribution in [0.15, 0.2) is 48.5 Å². The summed E-state index contributed by atoms with van der Waals surface area (Å²) in [6, 6.07) is 13.1. The van der Waals surface area contributed by atoms with E-state index in [1.54, 1.807) is 55.6 Å². The molecule has 1 saturated heterocycles. The zero-order valence-electron chi connectivity index (χ0n) is 14.7. The molecule has 0 spiro atoms. The molecule has 0 bridgehead atoms. The molecule has 0 radical (unpaired) electrons. The van der Waals surface area contributed by atoms with E-state index < -0.39 is 18.2 Å². The number of fused-ring (bicyclic) bond motifs is 1. The number of anilines is 1. The largest absolute Gasteiger partial charge is 0.497 e. The van der Waals surface area contributed by atoms with Gasteiger partial charge >= 0.3 is 5.97 Å². The van der Waals surface area contributed by atoms with Crippen molar-refractivity contribution in [1.82, 2.24) is 4.90 Å². The highest BCUT2D eigenvalue weighted by Crippen LogP contribution is 2.38. The molecular weight excluding hydrogens is 348 g/mol. The molecule has 0 aliphatic carbocycles. The standard InChI is InChI=1S/C20H18N2O5/c1-26-13-8-6-12(7-9-13)21-18(24)16-10-11-17(23)22(16)19-14-4-2-3-5-15(14)20(25)27-19/h2-9,16,19H,10-11H2,1H3,(H,21,24)/t16-,19?/m0/s1. The van der Waals surface area contributed by atoms with E-state index in [1.807, 2.05) is 0 Å². The molecule has 7 heteroatoms. The summed E-state index contributed by atoms with van der Waals surface area (Å²) in [5.41, 5.74) is 1.64. The third-order valence-corrected chi connectivity index (χ3v) is 4.83. The van der Waals surface area contributed by atoms with Gasteiger partial charge in [0, 0.05) is 17.7 Å². The number of cyclic esters (lactones) is 1. The van der Waals surface area contributed by atoms with Gasteiger partial charge in [-0.1, -0.05) is 18.2 Å². The van der Waals surface area contributed by atoms with Crippen LogP contribution in [-0.2, 0) is 14.3 Å². The van der Waals surface area contributed by atoms with E-state index in [4.69, 9.17) is 9.47 Å². The number of esters is 1. The van der Waals surface area contributed by atoms with Crippen molar-refractivity contribution in [3.8, 4) is 5.75 Å². The third kappa shape index (κ3) is 3.01. The number of nitrogens with one attached hydrogen (secondary N) is 1. The first-order valence-corrected chi connectivity index (χ1v) is 8.64. The Morgan fingerprint density at radius 1 is 1.15 bits per heavy atom. The summed E-state index contributed by atoms with van der Waals surface area (Å²) in [5, 5.41) is 2.82. The maximum Gasteiger partial charge on any atom is 0.340 e. The Balaban J connectivity index is 1.56. The van der Waals surface area contributed by atoms with Crippen LogP contribution in [0.25, 0.3) is 0 Å². The highest BCUT2D eigenvalue weighted by atomic mass is 16.6. The van der Waals surface area contributed by atoms with Gasteiger partial charge in [0.25, 0.3) is 0 Å². The van der Waals surface area contributed by atoms with Crippen molar-refractivity contribution in [2.24, 2.45) is 0 Å². The van der Waals surface area contributed by atoms with Crippen LogP contribution < -0.4 is 10.1 Å². The topological polar surface area (TPSA) is 84.9 Å². The molecule has 2 aliphatic rings. The minimum Gasteiger partial charge on any atom is -0.497 e. The molecule has 1 fully saturated rings. The fraction of sp³-hybridized carbons (Fsp3) is 0.250. The molecular formula is C20H18N2O5. The number of likely N-dealkylation sites (tertiary alicyclic amines) is 1. The van der Waals surface area contributed by atoms with Crippen LogP contribution in [0.4, 0.5) is 5.69 Å². The normalized spacial score (nSPS) is 21.0. The monoisotopic (exact) mass is 366 g/mol. The fourth-order valence-corrected chi connectivity index (χ4v) is 3.49. The maximum atomic E-state index is 12.8. The summed E-state index contributed by atoms with van der Waals surface area (Å²) < 4.78 is 10.5. The molecule has 27 heavy (non-hydrogen) atoms. The first-order valence-electron chi connectivity index (χ1n) is 8.64. The molecule has 2 atom stereocenters. The molecule has 7 nitrogen and oxygen atoms in total. The van der Waals surface area contributed by atoms with Gasteiger partial charge in [0.15, 0.2) is 0 Å². The summed E-state index contributed by atoms with van der Waals surface area (Å²) in [7, 11) is 1.57. The number of ether oxygens (including phenoxy) is 2. The second-order valence-electron chi connectivity index (χ2n) is 6.42. The molecule has 1 N–H and O–H groups in total. The molecule has 2 aromatic carbocycles. The van der Waals surface area contributed by atoms with E-state index in [9.17, 15) is 14.4 Å². The lowest BCUT2D eigenvalue weighted by Crippen LogP contribution is -2.43. The Morgan fingerprint density at radius 3 is 2.63 bits per heavy atom. The summed E-state index contributed by atoms with van der Waals surface area (Å²) in [4.78, 5) is 38.7. The minimum absolute atomic E-state index is 0.209. The zero-order valence-corrected chi connectivity index (χ0v) is 14.7. The van der Waals surface area contributed by atoms with Crippen molar-refractivity contribution in [2.45, 2.75) is 25.1 Å². The number of methoxy groups -OCH3 is 1. The molecule has 2 aromatic rings. The van der Waals surface area contributed by atoms with Crippen molar-refractivity contribution in [3.05, 3.63) is 59.7 Å². The highest BCUT2D eigenvalue weighted by molar-refractivity contribution is 6.00. The second kappa shape index (κ2) is 6.75. The molecule has 2 heterocycles. The van der Waals surface area contributed by atoms with Gasteiger partial charge in [0.05, 0.1) is 12.7 Å². The predicted molar refractivity (Wildman–Crippen MR) is 96.1 cm³/mol. The Hall–Kier alpha value is -3.35. The predicted octanol–water partition coefficient (Wildman–Crippen LogP) is 2.49. The molecule has 4 rings (SSSR count). The summed E-state index contributed by atoms with van der Waals surface area (Å²) >= 11 is 0. The summed E-state index contributed by atoms with van der Waals surface area (Å²) in [5.74, 6) is -0.324. The lowest BCUT2D eigenvalue weighted by molar-refractivity contribution is -0.144. The number of hydrogen-bond donors (Lipinski definition) is 1. The maximum absolute atomic E-state index is 12.8. The van der Waals surface area contributed by atoms with Crippen LogP contribution in [0.1, 0.15) is 35.0 Å². The van der Waals surface area contributed by atoms with E-state index in [1.165, 1.54) is 4.90 Å². The summed E-state index contributed by atoms with van der Waals surface area (Å²) in [6.45, 7) is 0. The molecule has 0 saturated carbocycles. The van der Waals surface area contributed by atoms with E-state index in [0.29, 0.717) is 29.0 Å². The number of rotatable bonds is 4. The van der Waals surface area contributed by atoms with Crippen LogP contribution in [-0.4, -0.2) is 35.8 Å². The Labute approximate surface area is 155 Å². The number of hydrogen-bond acceptors (Lipinski definition) is 5. The van der Waals surface area contributed by atoms with Crippen molar-refractivity contribution in [3.63, 3.8) is 0 Å². The first-order chi connectivity index (χ1) is 13.1. The highest BCUT2D eigenvalue weighted by Gasteiger charge is 2.46. The molecule has 2 aliphatic heterocycles. The molecule has 1 unspecified atom stereocenters. The second-order valence-corrected chi connectivity index (χ2v) is 6.42. The fourth-order valence-electron chi connectivity index (χ4n) is 3.49. The molecule has 0 aromatic heterocycles. The van der Waals surface area contributed by atoms with Crippen molar-refractivity contribution >= 4 is 23.5 Å². The SMILES string of the molecule is COc1ccc(NC(=O)[C@@H]2CCC(=O)N2C2OC(=O)c3ccccc32)cc1. The lowest BCUT2D eigenvalue weighted by Gasteiger charge is -2.29.